The molecule has 0 spiro atoms. The Bertz CT molecular complexity index is 243. The van der Waals surface area contributed by atoms with Gasteiger partial charge in [0.2, 0.25) is 5.91 Å². The lowest BCUT2D eigenvalue weighted by molar-refractivity contribution is -0.148. The lowest BCUT2D eigenvalue weighted by Gasteiger charge is -2.40. The van der Waals surface area contributed by atoms with E-state index in [1.54, 1.807) is 0 Å². The minimum absolute atomic E-state index is 0.0943. The van der Waals surface area contributed by atoms with Crippen LogP contribution in [0.25, 0.3) is 0 Å². The molecule has 0 aromatic carbocycles. The van der Waals surface area contributed by atoms with Crippen LogP contribution in [-0.4, -0.2) is 42.1 Å². The van der Waals surface area contributed by atoms with Gasteiger partial charge in [-0.15, -0.1) is 0 Å². The first kappa shape index (κ1) is 13.5. The van der Waals surface area contributed by atoms with Gasteiger partial charge in [0.05, 0.1) is 24.7 Å². The van der Waals surface area contributed by atoms with Gasteiger partial charge in [0.15, 0.2) is 0 Å². The Morgan fingerprint density at radius 1 is 1.56 bits per heavy atom. The van der Waals surface area contributed by atoms with Crippen LogP contribution in [-0.2, 0) is 9.53 Å². The molecule has 0 bridgehead atoms. The van der Waals surface area contributed by atoms with Crippen LogP contribution in [0.15, 0.2) is 0 Å². The molecule has 0 aromatic rings. The maximum atomic E-state index is 12.2. The van der Waals surface area contributed by atoms with E-state index in [1.165, 1.54) is 0 Å². The molecule has 2 N–H and O–H groups in total. The van der Waals surface area contributed by atoms with Gasteiger partial charge < -0.3 is 15.4 Å². The second-order valence-corrected chi connectivity index (χ2v) is 4.84. The standard InChI is InChI=1S/C12H24N2O2/c1-5-11-7-16-8(2)6-14(11)12(15)9(3)10(4)13/h8-11H,5-7,13H2,1-4H3. The van der Waals surface area contributed by atoms with Crippen LogP contribution in [0.5, 0.6) is 0 Å². The Balaban J connectivity index is 2.70. The van der Waals surface area contributed by atoms with Gasteiger partial charge in [-0.3, -0.25) is 4.79 Å². The summed E-state index contributed by atoms with van der Waals surface area (Å²) in [5.74, 6) is 0.0522. The summed E-state index contributed by atoms with van der Waals surface area (Å²) in [5.41, 5.74) is 5.79. The van der Waals surface area contributed by atoms with Crippen molar-refractivity contribution in [1.82, 2.24) is 4.90 Å². The number of ether oxygens (including phenoxy) is 1. The molecule has 94 valence electrons. The van der Waals surface area contributed by atoms with Crippen molar-refractivity contribution in [2.75, 3.05) is 13.2 Å². The largest absolute Gasteiger partial charge is 0.375 e. The van der Waals surface area contributed by atoms with Crippen molar-refractivity contribution in [3.05, 3.63) is 0 Å². The molecule has 1 aliphatic rings. The van der Waals surface area contributed by atoms with Gasteiger partial charge in [0.25, 0.3) is 0 Å². The minimum atomic E-state index is -0.112. The Kier molecular flexibility index (Phi) is 4.74. The maximum absolute atomic E-state index is 12.2. The third-order valence-electron chi connectivity index (χ3n) is 3.40. The third-order valence-corrected chi connectivity index (χ3v) is 3.40. The molecule has 4 atom stereocenters. The lowest BCUT2D eigenvalue weighted by Crippen LogP contribution is -2.54. The average molecular weight is 228 g/mol. The van der Waals surface area contributed by atoms with Crippen molar-refractivity contribution in [3.63, 3.8) is 0 Å². The normalized spacial score (nSPS) is 29.9. The molecule has 4 nitrogen and oxygen atoms in total. The van der Waals surface area contributed by atoms with Crippen molar-refractivity contribution in [2.24, 2.45) is 11.7 Å². The van der Waals surface area contributed by atoms with Gasteiger partial charge in [-0.2, -0.15) is 0 Å². The second-order valence-electron chi connectivity index (χ2n) is 4.84. The molecule has 1 heterocycles. The Labute approximate surface area is 98.1 Å². The molecular weight excluding hydrogens is 204 g/mol. The smallest absolute Gasteiger partial charge is 0.227 e. The molecule has 1 fully saturated rings. The Hall–Kier alpha value is -0.610. The number of hydrogen-bond donors (Lipinski definition) is 1. The zero-order chi connectivity index (χ0) is 12.3. The number of hydrogen-bond acceptors (Lipinski definition) is 3. The summed E-state index contributed by atoms with van der Waals surface area (Å²) in [7, 11) is 0. The summed E-state index contributed by atoms with van der Waals surface area (Å²) in [6, 6.07) is 0.119. The third kappa shape index (κ3) is 2.95. The van der Waals surface area contributed by atoms with E-state index in [2.05, 4.69) is 6.92 Å². The van der Waals surface area contributed by atoms with E-state index in [0.29, 0.717) is 13.2 Å². The molecule has 1 rings (SSSR count). The second kappa shape index (κ2) is 5.64. The molecule has 1 saturated heterocycles. The van der Waals surface area contributed by atoms with Crippen LogP contribution in [0.1, 0.15) is 34.1 Å². The SMILES string of the molecule is CCC1COC(C)CN1C(=O)C(C)C(C)N. The number of carbonyl (C=O) groups excluding carboxylic acids is 1. The monoisotopic (exact) mass is 228 g/mol. The first-order chi connectivity index (χ1) is 7.47. The van der Waals surface area contributed by atoms with Crippen LogP contribution < -0.4 is 5.73 Å². The summed E-state index contributed by atoms with van der Waals surface area (Å²) >= 11 is 0. The summed E-state index contributed by atoms with van der Waals surface area (Å²) in [4.78, 5) is 14.2. The van der Waals surface area contributed by atoms with Crippen molar-refractivity contribution < 1.29 is 9.53 Å². The fourth-order valence-electron chi connectivity index (χ4n) is 1.94. The lowest BCUT2D eigenvalue weighted by atomic mass is 10.0. The molecule has 1 amide bonds. The Morgan fingerprint density at radius 3 is 2.69 bits per heavy atom. The quantitative estimate of drug-likeness (QED) is 0.784. The van der Waals surface area contributed by atoms with Crippen LogP contribution in [0.2, 0.25) is 0 Å². The zero-order valence-corrected chi connectivity index (χ0v) is 10.8. The van der Waals surface area contributed by atoms with E-state index in [4.69, 9.17) is 10.5 Å². The van der Waals surface area contributed by atoms with Crippen LogP contribution in [0.4, 0.5) is 0 Å². The molecule has 0 aromatic heterocycles. The number of nitrogens with zero attached hydrogens (tertiary/aromatic N) is 1. The highest BCUT2D eigenvalue weighted by Gasteiger charge is 2.32. The minimum Gasteiger partial charge on any atom is -0.375 e. The van der Waals surface area contributed by atoms with Gasteiger partial charge in [0.1, 0.15) is 0 Å². The molecule has 0 radical (unpaired) electrons. The predicted octanol–water partition coefficient (Wildman–Crippen LogP) is 0.996. The summed E-state index contributed by atoms with van der Waals surface area (Å²) in [5, 5.41) is 0. The van der Waals surface area contributed by atoms with E-state index >= 15 is 0 Å². The van der Waals surface area contributed by atoms with Gasteiger partial charge in [0, 0.05) is 12.6 Å². The number of amides is 1. The molecule has 4 unspecified atom stereocenters. The number of rotatable bonds is 3. The van der Waals surface area contributed by atoms with E-state index in [1.807, 2.05) is 25.7 Å². The van der Waals surface area contributed by atoms with Gasteiger partial charge >= 0.3 is 0 Å². The van der Waals surface area contributed by atoms with Gasteiger partial charge in [-0.05, 0) is 20.3 Å². The molecular formula is C12H24N2O2. The van der Waals surface area contributed by atoms with Crippen molar-refractivity contribution in [3.8, 4) is 0 Å². The maximum Gasteiger partial charge on any atom is 0.227 e. The van der Waals surface area contributed by atoms with Crippen LogP contribution in [0.3, 0.4) is 0 Å². The Morgan fingerprint density at radius 2 is 2.19 bits per heavy atom. The topological polar surface area (TPSA) is 55.6 Å². The van der Waals surface area contributed by atoms with E-state index in [9.17, 15) is 4.79 Å². The molecule has 16 heavy (non-hydrogen) atoms. The van der Waals surface area contributed by atoms with Crippen LogP contribution in [0, 0.1) is 5.92 Å². The first-order valence-electron chi connectivity index (χ1n) is 6.15. The highest BCUT2D eigenvalue weighted by Crippen LogP contribution is 2.18. The van der Waals surface area contributed by atoms with E-state index < -0.39 is 0 Å². The van der Waals surface area contributed by atoms with Crippen molar-refractivity contribution in [1.29, 1.82) is 0 Å². The average Bonchev–Trinajstić information content (AvgIpc) is 2.26. The number of morpholine rings is 1. The fourth-order valence-corrected chi connectivity index (χ4v) is 1.94. The highest BCUT2D eigenvalue weighted by atomic mass is 16.5. The molecule has 0 saturated carbocycles. The molecule has 1 aliphatic heterocycles. The highest BCUT2D eigenvalue weighted by molar-refractivity contribution is 5.79. The molecule has 4 heteroatoms. The van der Waals surface area contributed by atoms with E-state index in [-0.39, 0.29) is 30.0 Å². The predicted molar refractivity (Wildman–Crippen MR) is 64.0 cm³/mol. The first-order valence-corrected chi connectivity index (χ1v) is 6.15. The van der Waals surface area contributed by atoms with Gasteiger partial charge in [-0.1, -0.05) is 13.8 Å². The number of carbonyl (C=O) groups is 1. The number of nitrogens with two attached hydrogens (primary N) is 1. The van der Waals surface area contributed by atoms with Gasteiger partial charge in [-0.25, -0.2) is 0 Å². The zero-order valence-electron chi connectivity index (χ0n) is 10.8. The van der Waals surface area contributed by atoms with E-state index in [0.717, 1.165) is 6.42 Å². The summed E-state index contributed by atoms with van der Waals surface area (Å²) in [6.07, 6.45) is 1.07. The fraction of sp³-hybridized carbons (Fsp3) is 0.917. The van der Waals surface area contributed by atoms with Crippen molar-refractivity contribution in [2.45, 2.75) is 52.3 Å². The summed E-state index contributed by atoms with van der Waals surface area (Å²) < 4.78 is 5.58. The molecule has 0 aliphatic carbocycles. The summed E-state index contributed by atoms with van der Waals surface area (Å²) in [6.45, 7) is 9.21. The van der Waals surface area contributed by atoms with Crippen molar-refractivity contribution >= 4 is 5.91 Å². The van der Waals surface area contributed by atoms with Crippen LogP contribution >= 0.6 is 0 Å².